The SMILES string of the molecule is Cc1cc(C[NH+]2CC[NH+](CC(=O)Nc3ccc(Cl)cc3)CC2)no1. The molecule has 0 aliphatic carbocycles. The lowest BCUT2D eigenvalue weighted by atomic mass is 10.2. The van der Waals surface area contributed by atoms with Crippen LogP contribution in [-0.2, 0) is 11.3 Å². The number of rotatable bonds is 5. The van der Waals surface area contributed by atoms with Crippen molar-refractivity contribution in [3.05, 3.63) is 46.8 Å². The molecule has 2 heterocycles. The van der Waals surface area contributed by atoms with Crippen molar-refractivity contribution in [2.24, 2.45) is 0 Å². The quantitative estimate of drug-likeness (QED) is 0.685. The third-order valence-electron chi connectivity index (χ3n) is 4.31. The van der Waals surface area contributed by atoms with Crippen LogP contribution in [-0.4, -0.2) is 43.8 Å². The van der Waals surface area contributed by atoms with Crippen LogP contribution >= 0.6 is 11.6 Å². The van der Waals surface area contributed by atoms with Crippen molar-refractivity contribution in [2.45, 2.75) is 13.5 Å². The molecule has 1 saturated heterocycles. The molecular weight excluding hydrogens is 328 g/mol. The number of quaternary nitrogens is 2. The van der Waals surface area contributed by atoms with Gasteiger partial charge in [-0.05, 0) is 31.2 Å². The molecule has 0 atom stereocenters. The Hall–Kier alpha value is -1.89. The van der Waals surface area contributed by atoms with Crippen LogP contribution in [0.15, 0.2) is 34.9 Å². The Bertz CT molecular complexity index is 678. The van der Waals surface area contributed by atoms with E-state index >= 15 is 0 Å². The predicted octanol–water partition coefficient (Wildman–Crippen LogP) is -0.441. The van der Waals surface area contributed by atoms with E-state index in [0.717, 1.165) is 49.9 Å². The predicted molar refractivity (Wildman–Crippen MR) is 91.3 cm³/mol. The van der Waals surface area contributed by atoms with Gasteiger partial charge in [-0.2, -0.15) is 0 Å². The Kier molecular flexibility index (Phi) is 5.50. The van der Waals surface area contributed by atoms with E-state index in [9.17, 15) is 4.79 Å². The first-order valence-electron chi connectivity index (χ1n) is 8.23. The Balaban J connectivity index is 1.41. The number of aromatic nitrogens is 1. The summed E-state index contributed by atoms with van der Waals surface area (Å²) < 4.78 is 5.11. The Morgan fingerprint density at radius 2 is 1.88 bits per heavy atom. The zero-order valence-electron chi connectivity index (χ0n) is 13.8. The molecule has 1 fully saturated rings. The fraction of sp³-hybridized carbons (Fsp3) is 0.412. The van der Waals surface area contributed by atoms with Crippen molar-refractivity contribution in [3.63, 3.8) is 0 Å². The third kappa shape index (κ3) is 4.80. The van der Waals surface area contributed by atoms with Crippen LogP contribution in [0.4, 0.5) is 5.69 Å². The average molecular weight is 351 g/mol. The summed E-state index contributed by atoms with van der Waals surface area (Å²) in [5.41, 5.74) is 1.79. The number of nitrogens with zero attached hydrogens (tertiary/aromatic N) is 1. The zero-order chi connectivity index (χ0) is 16.9. The lowest BCUT2D eigenvalue weighted by molar-refractivity contribution is -1.02. The van der Waals surface area contributed by atoms with Crippen molar-refractivity contribution in [1.29, 1.82) is 0 Å². The van der Waals surface area contributed by atoms with Crippen molar-refractivity contribution in [3.8, 4) is 0 Å². The van der Waals surface area contributed by atoms with Crippen LogP contribution in [0.2, 0.25) is 5.02 Å². The maximum Gasteiger partial charge on any atom is 0.279 e. The highest BCUT2D eigenvalue weighted by atomic mass is 35.5. The normalized spacial score (nSPS) is 20.8. The summed E-state index contributed by atoms with van der Waals surface area (Å²) >= 11 is 5.85. The number of carbonyl (C=O) groups is 1. The van der Waals surface area contributed by atoms with Crippen molar-refractivity contribution < 1.29 is 19.1 Å². The number of amides is 1. The molecule has 0 bridgehead atoms. The van der Waals surface area contributed by atoms with Crippen molar-refractivity contribution in [1.82, 2.24) is 5.16 Å². The van der Waals surface area contributed by atoms with Gasteiger partial charge in [-0.3, -0.25) is 4.79 Å². The zero-order valence-corrected chi connectivity index (χ0v) is 14.5. The van der Waals surface area contributed by atoms with Gasteiger partial charge < -0.3 is 19.6 Å². The number of benzene rings is 1. The summed E-state index contributed by atoms with van der Waals surface area (Å²) in [5, 5.41) is 7.64. The van der Waals surface area contributed by atoms with Crippen LogP contribution in [0.5, 0.6) is 0 Å². The van der Waals surface area contributed by atoms with Crippen LogP contribution < -0.4 is 15.1 Å². The first-order valence-corrected chi connectivity index (χ1v) is 8.61. The second-order valence-corrected chi connectivity index (χ2v) is 6.77. The summed E-state index contributed by atoms with van der Waals surface area (Å²) in [5.74, 6) is 0.899. The molecule has 6 nitrogen and oxygen atoms in total. The van der Waals surface area contributed by atoms with Gasteiger partial charge in [0.15, 0.2) is 6.54 Å². The minimum absolute atomic E-state index is 0.0444. The minimum Gasteiger partial charge on any atom is -0.361 e. The number of anilines is 1. The summed E-state index contributed by atoms with van der Waals surface area (Å²) in [7, 11) is 0. The highest BCUT2D eigenvalue weighted by Gasteiger charge is 2.25. The van der Waals surface area contributed by atoms with Crippen LogP contribution in [0.3, 0.4) is 0 Å². The molecule has 3 N–H and O–H groups in total. The third-order valence-corrected chi connectivity index (χ3v) is 4.56. The Labute approximate surface area is 146 Å². The second kappa shape index (κ2) is 7.79. The maximum absolute atomic E-state index is 12.1. The summed E-state index contributed by atoms with van der Waals surface area (Å²) in [6, 6.07) is 9.18. The van der Waals surface area contributed by atoms with Crippen LogP contribution in [0, 0.1) is 6.92 Å². The molecular formula is C17H23ClN4O2+2. The molecule has 24 heavy (non-hydrogen) atoms. The molecule has 1 aliphatic heterocycles. The topological polar surface area (TPSA) is 64.0 Å². The first kappa shape index (κ1) is 17.0. The van der Waals surface area contributed by atoms with Gasteiger partial charge in [-0.1, -0.05) is 16.8 Å². The summed E-state index contributed by atoms with van der Waals surface area (Å²) in [4.78, 5) is 15.0. The molecule has 2 aromatic rings. The van der Waals surface area contributed by atoms with E-state index in [1.54, 1.807) is 12.1 Å². The van der Waals surface area contributed by atoms with Gasteiger partial charge in [0.05, 0.1) is 0 Å². The summed E-state index contributed by atoms with van der Waals surface area (Å²) in [6.07, 6.45) is 0. The van der Waals surface area contributed by atoms with Gasteiger partial charge in [0.25, 0.3) is 5.91 Å². The highest BCUT2D eigenvalue weighted by Crippen LogP contribution is 2.12. The average Bonchev–Trinajstić information content (AvgIpc) is 2.96. The van der Waals surface area contributed by atoms with Gasteiger partial charge >= 0.3 is 0 Å². The lowest BCUT2D eigenvalue weighted by Gasteiger charge is -2.28. The van der Waals surface area contributed by atoms with Crippen molar-refractivity contribution in [2.75, 3.05) is 38.0 Å². The number of halogens is 1. The standard InChI is InChI=1S/C17H21ClN4O2/c1-13-10-16(20-24-13)11-21-6-8-22(9-7-21)12-17(23)19-15-4-2-14(18)3-5-15/h2-5,10H,6-9,11-12H2,1H3,(H,19,23)/p+2. The van der Waals surface area contributed by atoms with E-state index in [2.05, 4.69) is 10.5 Å². The maximum atomic E-state index is 12.1. The first-order chi connectivity index (χ1) is 11.6. The minimum atomic E-state index is 0.0444. The molecule has 0 spiro atoms. The lowest BCUT2D eigenvalue weighted by Crippen LogP contribution is -3.28. The van der Waals surface area contributed by atoms with E-state index in [4.69, 9.17) is 16.1 Å². The van der Waals surface area contributed by atoms with Gasteiger partial charge in [-0.25, -0.2) is 0 Å². The monoisotopic (exact) mass is 350 g/mol. The molecule has 128 valence electrons. The number of aryl methyl sites for hydroxylation is 1. The number of carbonyl (C=O) groups excluding carboxylic acids is 1. The number of nitrogens with one attached hydrogen (secondary N) is 3. The van der Waals surface area contributed by atoms with Gasteiger partial charge in [-0.15, -0.1) is 0 Å². The molecule has 7 heteroatoms. The Morgan fingerprint density at radius 3 is 2.50 bits per heavy atom. The van der Waals surface area contributed by atoms with E-state index in [-0.39, 0.29) is 5.91 Å². The molecule has 1 aromatic carbocycles. The van der Waals surface area contributed by atoms with E-state index in [1.807, 2.05) is 25.1 Å². The molecule has 1 amide bonds. The van der Waals surface area contributed by atoms with E-state index in [0.29, 0.717) is 11.6 Å². The molecule has 0 radical (unpaired) electrons. The van der Waals surface area contributed by atoms with Gasteiger partial charge in [0.1, 0.15) is 44.2 Å². The second-order valence-electron chi connectivity index (χ2n) is 6.34. The van der Waals surface area contributed by atoms with Crippen LogP contribution in [0.25, 0.3) is 0 Å². The van der Waals surface area contributed by atoms with Gasteiger partial charge in [0, 0.05) is 16.8 Å². The fourth-order valence-electron chi connectivity index (χ4n) is 3.03. The smallest absolute Gasteiger partial charge is 0.279 e. The molecule has 3 rings (SSSR count). The Morgan fingerprint density at radius 1 is 1.21 bits per heavy atom. The molecule has 0 saturated carbocycles. The number of hydrogen-bond donors (Lipinski definition) is 3. The number of hydrogen-bond acceptors (Lipinski definition) is 3. The van der Waals surface area contributed by atoms with Gasteiger partial charge in [0.2, 0.25) is 0 Å². The number of piperazine rings is 1. The van der Waals surface area contributed by atoms with E-state index in [1.165, 1.54) is 9.80 Å². The molecule has 0 unspecified atom stereocenters. The highest BCUT2D eigenvalue weighted by molar-refractivity contribution is 6.30. The fourth-order valence-corrected chi connectivity index (χ4v) is 3.16. The van der Waals surface area contributed by atoms with Crippen molar-refractivity contribution >= 4 is 23.2 Å². The summed E-state index contributed by atoms with van der Waals surface area (Å²) in [6.45, 7) is 7.35. The molecule has 1 aliphatic rings. The van der Waals surface area contributed by atoms with Crippen LogP contribution in [0.1, 0.15) is 11.5 Å². The van der Waals surface area contributed by atoms with E-state index < -0.39 is 0 Å². The largest absolute Gasteiger partial charge is 0.361 e. The molecule has 1 aromatic heterocycles.